The lowest BCUT2D eigenvalue weighted by atomic mass is 10.1. The molecule has 0 amide bonds. The van der Waals surface area contributed by atoms with Gasteiger partial charge in [0.05, 0.1) is 11.1 Å². The van der Waals surface area contributed by atoms with Crippen molar-refractivity contribution in [1.82, 2.24) is 0 Å². The van der Waals surface area contributed by atoms with Crippen molar-refractivity contribution in [3.63, 3.8) is 0 Å². The van der Waals surface area contributed by atoms with Gasteiger partial charge in [-0.05, 0) is 57.9 Å². The fourth-order valence-corrected chi connectivity index (χ4v) is 2.33. The van der Waals surface area contributed by atoms with Crippen LogP contribution in [0.2, 0.25) is 0 Å². The highest BCUT2D eigenvalue weighted by atomic mass is 16.6. The summed E-state index contributed by atoms with van der Waals surface area (Å²) < 4.78 is 10.1. The van der Waals surface area contributed by atoms with E-state index in [4.69, 9.17) is 14.6 Å². The van der Waals surface area contributed by atoms with Crippen LogP contribution in [0.3, 0.4) is 0 Å². The first kappa shape index (κ1) is 25.7. The molecule has 1 N–H and O–H groups in total. The Morgan fingerprint density at radius 1 is 0.903 bits per heavy atom. The smallest absolute Gasteiger partial charge is 0.338 e. The van der Waals surface area contributed by atoms with E-state index >= 15 is 0 Å². The number of aromatic carboxylic acids is 1. The first-order chi connectivity index (χ1) is 14.7. The molecule has 1 saturated heterocycles. The highest BCUT2D eigenvalue weighted by Gasteiger charge is 2.17. The number of hydrogen-bond acceptors (Lipinski definition) is 6. The Balaban J connectivity index is 0.000000260. The molecule has 0 atom stereocenters. The molecule has 1 aliphatic heterocycles. The van der Waals surface area contributed by atoms with Crippen LogP contribution < -0.4 is 0 Å². The quantitative estimate of drug-likeness (QED) is 0.566. The van der Waals surface area contributed by atoms with Gasteiger partial charge in [-0.1, -0.05) is 24.3 Å². The fraction of sp³-hybridized carbons (Fsp3) is 0.333. The largest absolute Gasteiger partial charge is 0.478 e. The Morgan fingerprint density at radius 3 is 1.77 bits per heavy atom. The minimum absolute atomic E-state index is 0.134. The zero-order chi connectivity index (χ0) is 23.3. The lowest BCUT2D eigenvalue weighted by Gasteiger charge is -2.19. The standard InChI is InChI=1S/C12H14O3.C8H6O3.C4H8O/c1-12(2,3)15-11(14)10-6-4-5-9(7-10)8-13;9-5-6-2-1-3-7(4-6)8(10)11;1-2-4-5-3-1/h4-8H,1-3H3;1-5H,(H,10,11);1-4H2. The van der Waals surface area contributed by atoms with Gasteiger partial charge in [-0.25, -0.2) is 9.59 Å². The van der Waals surface area contributed by atoms with Crippen molar-refractivity contribution in [3.05, 3.63) is 70.8 Å². The summed E-state index contributed by atoms with van der Waals surface area (Å²) in [5, 5.41) is 8.49. The Morgan fingerprint density at radius 2 is 1.39 bits per heavy atom. The minimum atomic E-state index is -1.02. The molecule has 0 aromatic heterocycles. The van der Waals surface area contributed by atoms with E-state index in [1.54, 1.807) is 45.0 Å². The fourth-order valence-electron chi connectivity index (χ4n) is 2.33. The second-order valence-corrected chi connectivity index (χ2v) is 7.61. The first-order valence-electron chi connectivity index (χ1n) is 9.81. The lowest BCUT2D eigenvalue weighted by molar-refractivity contribution is 0.00692. The van der Waals surface area contributed by atoms with Crippen LogP contribution in [0.1, 0.15) is 75.0 Å². The molecule has 7 nitrogen and oxygen atoms in total. The van der Waals surface area contributed by atoms with E-state index in [-0.39, 0.29) is 5.56 Å². The second kappa shape index (κ2) is 13.1. The number of carbonyl (C=O) groups is 4. The molecular formula is C24H28O7. The van der Waals surface area contributed by atoms with Crippen molar-refractivity contribution < 1.29 is 33.8 Å². The molecule has 3 rings (SSSR count). The van der Waals surface area contributed by atoms with Crippen molar-refractivity contribution >= 4 is 24.5 Å². The molecule has 166 valence electrons. The Labute approximate surface area is 182 Å². The summed E-state index contributed by atoms with van der Waals surface area (Å²) in [6.45, 7) is 7.40. The zero-order valence-electron chi connectivity index (χ0n) is 18.0. The number of benzene rings is 2. The molecule has 2 aromatic carbocycles. The summed E-state index contributed by atoms with van der Waals surface area (Å²) >= 11 is 0. The van der Waals surface area contributed by atoms with E-state index in [9.17, 15) is 19.2 Å². The molecule has 1 aliphatic rings. The highest BCUT2D eigenvalue weighted by molar-refractivity contribution is 5.92. The van der Waals surface area contributed by atoms with E-state index in [1.165, 1.54) is 37.1 Å². The van der Waals surface area contributed by atoms with Crippen LogP contribution in [0, 0.1) is 0 Å². The molecule has 0 radical (unpaired) electrons. The van der Waals surface area contributed by atoms with E-state index < -0.39 is 17.5 Å². The van der Waals surface area contributed by atoms with Crippen LogP contribution in [0.25, 0.3) is 0 Å². The number of ether oxygens (including phenoxy) is 2. The third-order valence-electron chi connectivity index (χ3n) is 3.75. The molecule has 1 heterocycles. The molecule has 0 unspecified atom stereocenters. The van der Waals surface area contributed by atoms with Gasteiger partial charge in [-0.15, -0.1) is 0 Å². The SMILES string of the molecule is C1CCOC1.CC(C)(C)OC(=O)c1cccc(C=O)c1.O=Cc1cccc(C(=O)O)c1. The van der Waals surface area contributed by atoms with Gasteiger partial charge in [0.1, 0.15) is 18.2 Å². The summed E-state index contributed by atoms with van der Waals surface area (Å²) in [5.74, 6) is -1.43. The van der Waals surface area contributed by atoms with Crippen LogP contribution in [0.4, 0.5) is 0 Å². The summed E-state index contributed by atoms with van der Waals surface area (Å²) in [6.07, 6.45) is 3.88. The average molecular weight is 428 g/mol. The summed E-state index contributed by atoms with van der Waals surface area (Å²) in [6, 6.07) is 12.3. The van der Waals surface area contributed by atoms with Gasteiger partial charge in [0.15, 0.2) is 0 Å². The van der Waals surface area contributed by atoms with Crippen LogP contribution in [0.15, 0.2) is 48.5 Å². The number of carbonyl (C=O) groups excluding carboxylic acids is 3. The van der Waals surface area contributed by atoms with Gasteiger partial charge >= 0.3 is 11.9 Å². The molecule has 31 heavy (non-hydrogen) atoms. The topological polar surface area (TPSA) is 107 Å². The second-order valence-electron chi connectivity index (χ2n) is 7.61. The van der Waals surface area contributed by atoms with E-state index in [1.807, 2.05) is 0 Å². The number of hydrogen-bond donors (Lipinski definition) is 1. The predicted molar refractivity (Wildman–Crippen MR) is 116 cm³/mol. The summed E-state index contributed by atoms with van der Waals surface area (Å²) in [7, 11) is 0. The van der Waals surface area contributed by atoms with Crippen molar-refractivity contribution in [2.75, 3.05) is 13.2 Å². The number of carboxylic acids is 1. The third-order valence-corrected chi connectivity index (χ3v) is 3.75. The third kappa shape index (κ3) is 10.9. The Hall–Kier alpha value is -3.32. The maximum atomic E-state index is 11.6. The monoisotopic (exact) mass is 428 g/mol. The van der Waals surface area contributed by atoms with Gasteiger partial charge in [0.25, 0.3) is 0 Å². The molecule has 0 saturated carbocycles. The van der Waals surface area contributed by atoms with Crippen molar-refractivity contribution in [3.8, 4) is 0 Å². The van der Waals surface area contributed by atoms with Crippen LogP contribution >= 0.6 is 0 Å². The number of rotatable bonds is 4. The first-order valence-corrected chi connectivity index (χ1v) is 9.81. The molecule has 0 bridgehead atoms. The van der Waals surface area contributed by atoms with Gasteiger partial charge in [0.2, 0.25) is 0 Å². The highest BCUT2D eigenvalue weighted by Crippen LogP contribution is 2.12. The average Bonchev–Trinajstić information content (AvgIpc) is 3.33. The van der Waals surface area contributed by atoms with Gasteiger partial charge in [-0.2, -0.15) is 0 Å². The van der Waals surface area contributed by atoms with E-state index in [0.29, 0.717) is 29.3 Å². The predicted octanol–water partition coefficient (Wildman–Crippen LogP) is 4.45. The van der Waals surface area contributed by atoms with Crippen molar-refractivity contribution in [2.45, 2.75) is 39.2 Å². The zero-order valence-corrected chi connectivity index (χ0v) is 18.0. The van der Waals surface area contributed by atoms with Gasteiger partial charge in [0, 0.05) is 24.3 Å². The van der Waals surface area contributed by atoms with Gasteiger partial charge < -0.3 is 14.6 Å². The summed E-state index contributed by atoms with van der Waals surface area (Å²) in [5.41, 5.74) is 0.862. The number of aldehydes is 2. The molecule has 1 fully saturated rings. The van der Waals surface area contributed by atoms with Crippen LogP contribution in [0.5, 0.6) is 0 Å². The lowest BCUT2D eigenvalue weighted by Crippen LogP contribution is -2.23. The summed E-state index contributed by atoms with van der Waals surface area (Å²) in [4.78, 5) is 42.6. The number of carboxylic acid groups (broad SMARTS) is 1. The maximum absolute atomic E-state index is 11.6. The Kier molecular flexibility index (Phi) is 10.8. The van der Waals surface area contributed by atoms with Crippen LogP contribution in [-0.4, -0.2) is 48.4 Å². The maximum Gasteiger partial charge on any atom is 0.338 e. The van der Waals surface area contributed by atoms with Crippen LogP contribution in [-0.2, 0) is 9.47 Å². The van der Waals surface area contributed by atoms with E-state index in [2.05, 4.69) is 0 Å². The number of esters is 1. The van der Waals surface area contributed by atoms with Gasteiger partial charge in [-0.3, -0.25) is 9.59 Å². The molecule has 2 aromatic rings. The Bertz CT molecular complexity index is 870. The molecular weight excluding hydrogens is 400 g/mol. The molecule has 0 aliphatic carbocycles. The molecule has 0 spiro atoms. The normalized spacial score (nSPS) is 12.4. The minimum Gasteiger partial charge on any atom is -0.478 e. The van der Waals surface area contributed by atoms with Crippen molar-refractivity contribution in [1.29, 1.82) is 0 Å². The molecule has 7 heteroatoms. The van der Waals surface area contributed by atoms with E-state index in [0.717, 1.165) is 13.2 Å². The van der Waals surface area contributed by atoms with Crippen molar-refractivity contribution in [2.24, 2.45) is 0 Å².